The summed E-state index contributed by atoms with van der Waals surface area (Å²) in [6.45, 7) is 7.35. The number of ketones is 1. The van der Waals surface area contributed by atoms with Crippen molar-refractivity contribution in [2.24, 2.45) is 5.92 Å². The molecule has 0 saturated heterocycles. The van der Waals surface area contributed by atoms with E-state index in [0.717, 1.165) is 0 Å². The van der Waals surface area contributed by atoms with Crippen LogP contribution in [0.2, 0.25) is 0 Å². The Morgan fingerprint density at radius 2 is 2.17 bits per heavy atom. The van der Waals surface area contributed by atoms with Crippen LogP contribution in [-0.4, -0.2) is 29.0 Å². The summed E-state index contributed by atoms with van der Waals surface area (Å²) < 4.78 is 5.08. The van der Waals surface area contributed by atoms with Crippen molar-refractivity contribution in [1.82, 2.24) is 10.3 Å². The highest BCUT2D eigenvalue weighted by atomic mass is 32.1. The minimum absolute atomic E-state index is 0.0766. The van der Waals surface area contributed by atoms with Gasteiger partial charge in [0.2, 0.25) is 0 Å². The van der Waals surface area contributed by atoms with Crippen molar-refractivity contribution in [2.75, 3.05) is 6.54 Å². The summed E-state index contributed by atoms with van der Waals surface area (Å²) in [5, 5.41) is 4.28. The molecule has 0 aromatic carbocycles. The molecule has 0 aliphatic carbocycles. The molecule has 1 atom stereocenters. The molecule has 1 aromatic rings. The number of nitrogens with zero attached hydrogens (tertiary/aromatic N) is 1. The maximum absolute atomic E-state index is 11.9. The van der Waals surface area contributed by atoms with Crippen LogP contribution in [0.4, 0.5) is 4.79 Å². The summed E-state index contributed by atoms with van der Waals surface area (Å²) in [7, 11) is 0. The molecule has 0 radical (unpaired) electrons. The second kappa shape index (κ2) is 5.95. The minimum atomic E-state index is -0.535. The lowest BCUT2D eigenvalue weighted by Crippen LogP contribution is -2.36. The van der Waals surface area contributed by atoms with Gasteiger partial charge in [0.1, 0.15) is 11.3 Å². The van der Waals surface area contributed by atoms with Gasteiger partial charge in [-0.25, -0.2) is 9.78 Å². The number of carbonyl (C=O) groups excluding carboxylic acids is 2. The Morgan fingerprint density at radius 1 is 1.50 bits per heavy atom. The molecule has 18 heavy (non-hydrogen) atoms. The van der Waals surface area contributed by atoms with Crippen molar-refractivity contribution in [1.29, 1.82) is 0 Å². The number of thiazole rings is 1. The van der Waals surface area contributed by atoms with Crippen molar-refractivity contribution in [3.8, 4) is 0 Å². The van der Waals surface area contributed by atoms with Crippen LogP contribution >= 0.6 is 11.3 Å². The standard InChI is InChI=1S/C12H18N2O3S/c1-8(10(15)9-6-18-7-14-9)5-13-11(16)17-12(2,3)4/h6-8H,5H2,1-4H3,(H,13,16). The topological polar surface area (TPSA) is 68.3 Å². The lowest BCUT2D eigenvalue weighted by atomic mass is 10.1. The maximum atomic E-state index is 11.9. The van der Waals surface area contributed by atoms with Gasteiger partial charge in [-0.2, -0.15) is 0 Å². The van der Waals surface area contributed by atoms with Crippen LogP contribution in [0.5, 0.6) is 0 Å². The van der Waals surface area contributed by atoms with Gasteiger partial charge in [0.25, 0.3) is 0 Å². The quantitative estimate of drug-likeness (QED) is 0.853. The average Bonchev–Trinajstić information content (AvgIpc) is 2.75. The highest BCUT2D eigenvalue weighted by Crippen LogP contribution is 2.09. The summed E-state index contributed by atoms with van der Waals surface area (Å²) in [6.07, 6.45) is -0.513. The van der Waals surface area contributed by atoms with Crippen molar-refractivity contribution in [3.05, 3.63) is 16.6 Å². The predicted molar refractivity (Wildman–Crippen MR) is 69.8 cm³/mol. The Hall–Kier alpha value is -1.43. The van der Waals surface area contributed by atoms with Gasteiger partial charge in [0.15, 0.2) is 5.78 Å². The second-order valence-corrected chi connectivity index (χ2v) is 5.74. The summed E-state index contributed by atoms with van der Waals surface area (Å²) in [4.78, 5) is 27.2. The number of ether oxygens (including phenoxy) is 1. The van der Waals surface area contributed by atoms with E-state index in [9.17, 15) is 9.59 Å². The molecule has 1 rings (SSSR count). The molecule has 6 heteroatoms. The molecule has 5 nitrogen and oxygen atoms in total. The van der Waals surface area contributed by atoms with Crippen LogP contribution in [0.15, 0.2) is 10.9 Å². The second-order valence-electron chi connectivity index (χ2n) is 5.02. The lowest BCUT2D eigenvalue weighted by Gasteiger charge is -2.20. The number of hydrogen-bond acceptors (Lipinski definition) is 5. The monoisotopic (exact) mass is 270 g/mol. The number of nitrogens with one attached hydrogen (secondary N) is 1. The molecule has 0 fully saturated rings. The Kier molecular flexibility index (Phi) is 4.84. The summed E-state index contributed by atoms with van der Waals surface area (Å²) in [6, 6.07) is 0. The fourth-order valence-electron chi connectivity index (χ4n) is 1.23. The number of carbonyl (C=O) groups is 2. The molecule has 1 amide bonds. The van der Waals surface area contributed by atoms with Crippen LogP contribution < -0.4 is 5.32 Å². The zero-order chi connectivity index (χ0) is 13.8. The molecule has 0 aliphatic rings. The highest BCUT2D eigenvalue weighted by Gasteiger charge is 2.20. The van der Waals surface area contributed by atoms with E-state index in [1.165, 1.54) is 11.3 Å². The molecule has 1 aromatic heterocycles. The van der Waals surface area contributed by atoms with Gasteiger partial charge in [-0.15, -0.1) is 11.3 Å². The van der Waals surface area contributed by atoms with E-state index in [1.807, 2.05) is 0 Å². The molecule has 0 aliphatic heterocycles. The zero-order valence-electron chi connectivity index (χ0n) is 11.0. The maximum Gasteiger partial charge on any atom is 0.407 e. The van der Waals surface area contributed by atoms with Crippen LogP contribution in [0, 0.1) is 5.92 Å². The molecular weight excluding hydrogens is 252 g/mol. The van der Waals surface area contributed by atoms with Gasteiger partial charge in [-0.3, -0.25) is 4.79 Å². The largest absolute Gasteiger partial charge is 0.444 e. The number of hydrogen-bond donors (Lipinski definition) is 1. The number of amides is 1. The van der Waals surface area contributed by atoms with E-state index in [1.54, 1.807) is 38.6 Å². The zero-order valence-corrected chi connectivity index (χ0v) is 11.8. The van der Waals surface area contributed by atoms with Crippen molar-refractivity contribution in [3.63, 3.8) is 0 Å². The Morgan fingerprint density at radius 3 is 2.67 bits per heavy atom. The smallest absolute Gasteiger partial charge is 0.407 e. The van der Waals surface area contributed by atoms with E-state index in [0.29, 0.717) is 5.69 Å². The molecule has 0 spiro atoms. The van der Waals surface area contributed by atoms with E-state index in [4.69, 9.17) is 4.74 Å². The first kappa shape index (κ1) is 14.6. The first-order valence-electron chi connectivity index (χ1n) is 5.69. The SMILES string of the molecule is CC(CNC(=O)OC(C)(C)C)C(=O)c1cscn1. The first-order chi connectivity index (χ1) is 8.29. The Labute approximate surface area is 111 Å². The minimum Gasteiger partial charge on any atom is -0.444 e. The van der Waals surface area contributed by atoms with Crippen molar-refractivity contribution < 1.29 is 14.3 Å². The van der Waals surface area contributed by atoms with Crippen LogP contribution in [0.1, 0.15) is 38.2 Å². The molecule has 0 bridgehead atoms. The van der Waals surface area contributed by atoms with Crippen LogP contribution in [0.3, 0.4) is 0 Å². The van der Waals surface area contributed by atoms with Crippen LogP contribution in [0.25, 0.3) is 0 Å². The summed E-state index contributed by atoms with van der Waals surface area (Å²) >= 11 is 1.37. The predicted octanol–water partition coefficient (Wildman–Crippen LogP) is 2.49. The number of alkyl carbamates (subject to hydrolysis) is 1. The van der Waals surface area contributed by atoms with E-state index in [-0.39, 0.29) is 18.2 Å². The van der Waals surface area contributed by atoms with Gasteiger partial charge < -0.3 is 10.1 Å². The Bertz CT molecular complexity index is 409. The third-order valence-electron chi connectivity index (χ3n) is 2.08. The molecule has 1 N–H and O–H groups in total. The first-order valence-corrected chi connectivity index (χ1v) is 6.63. The fourth-order valence-corrected chi connectivity index (χ4v) is 1.77. The third kappa shape index (κ3) is 4.83. The van der Waals surface area contributed by atoms with Gasteiger partial charge in [0, 0.05) is 17.8 Å². The van der Waals surface area contributed by atoms with Crippen molar-refractivity contribution >= 4 is 23.2 Å². The average molecular weight is 270 g/mol. The summed E-state index contributed by atoms with van der Waals surface area (Å²) in [5.41, 5.74) is 1.52. The fraction of sp³-hybridized carbons (Fsp3) is 0.583. The Balaban J connectivity index is 2.40. The third-order valence-corrected chi connectivity index (χ3v) is 2.67. The molecule has 100 valence electrons. The van der Waals surface area contributed by atoms with E-state index >= 15 is 0 Å². The van der Waals surface area contributed by atoms with Gasteiger partial charge >= 0.3 is 6.09 Å². The number of aromatic nitrogens is 1. The number of Topliss-reactive ketones (excluding diaryl/α,β-unsaturated/α-hetero) is 1. The van der Waals surface area contributed by atoms with Crippen molar-refractivity contribution in [2.45, 2.75) is 33.3 Å². The lowest BCUT2D eigenvalue weighted by molar-refractivity contribution is 0.0520. The highest BCUT2D eigenvalue weighted by molar-refractivity contribution is 7.07. The van der Waals surface area contributed by atoms with Crippen LogP contribution in [-0.2, 0) is 4.74 Å². The molecule has 0 saturated carbocycles. The van der Waals surface area contributed by atoms with Gasteiger partial charge in [-0.1, -0.05) is 6.92 Å². The van der Waals surface area contributed by atoms with Gasteiger partial charge in [0.05, 0.1) is 5.51 Å². The van der Waals surface area contributed by atoms with Gasteiger partial charge in [-0.05, 0) is 20.8 Å². The molecule has 1 unspecified atom stereocenters. The normalized spacial score (nSPS) is 12.9. The molecule has 1 heterocycles. The summed E-state index contributed by atoms with van der Waals surface area (Å²) in [5.74, 6) is -0.396. The van der Waals surface area contributed by atoms with E-state index < -0.39 is 11.7 Å². The molecular formula is C12H18N2O3S. The van der Waals surface area contributed by atoms with E-state index in [2.05, 4.69) is 10.3 Å². The number of rotatable bonds is 4.